The standard InChI is InChI=1S/C19H24N4O2/c1-16-7-8-18(25-16)15-20-21-19(24)9-10-22-11-13-23(14-12-22)17-5-3-2-4-6-17/h2-8,15H,9-14H2,1H3,(H,21,24)/p+1. The minimum atomic E-state index is -0.0579. The molecule has 0 saturated carbocycles. The topological polar surface area (TPSA) is 62.3 Å². The van der Waals surface area contributed by atoms with Gasteiger partial charge in [0.15, 0.2) is 0 Å². The number of nitrogens with one attached hydrogen (secondary N) is 2. The Morgan fingerprint density at radius 1 is 1.24 bits per heavy atom. The summed E-state index contributed by atoms with van der Waals surface area (Å²) in [5.74, 6) is 1.41. The number of rotatable bonds is 6. The van der Waals surface area contributed by atoms with Crippen LogP contribution >= 0.6 is 0 Å². The Balaban J connectivity index is 1.35. The quantitative estimate of drug-likeness (QED) is 0.604. The molecule has 2 N–H and O–H groups in total. The lowest BCUT2D eigenvalue weighted by Gasteiger charge is -2.33. The molecule has 1 aromatic carbocycles. The summed E-state index contributed by atoms with van der Waals surface area (Å²) >= 11 is 0. The summed E-state index contributed by atoms with van der Waals surface area (Å²) in [6.07, 6.45) is 2.01. The van der Waals surface area contributed by atoms with E-state index in [4.69, 9.17) is 4.42 Å². The van der Waals surface area contributed by atoms with Crippen molar-refractivity contribution in [2.45, 2.75) is 13.3 Å². The molecule has 25 heavy (non-hydrogen) atoms. The van der Waals surface area contributed by atoms with E-state index in [1.807, 2.05) is 25.1 Å². The van der Waals surface area contributed by atoms with E-state index in [0.29, 0.717) is 12.2 Å². The lowest BCUT2D eigenvalue weighted by Crippen LogP contribution is -3.15. The fourth-order valence-electron chi connectivity index (χ4n) is 3.01. The molecule has 1 fully saturated rings. The van der Waals surface area contributed by atoms with Gasteiger partial charge in [0.25, 0.3) is 0 Å². The van der Waals surface area contributed by atoms with Crippen LogP contribution in [0.25, 0.3) is 0 Å². The minimum Gasteiger partial charge on any atom is -0.460 e. The Hall–Kier alpha value is -2.60. The van der Waals surface area contributed by atoms with Crippen molar-refractivity contribution >= 4 is 17.8 Å². The summed E-state index contributed by atoms with van der Waals surface area (Å²) in [4.78, 5) is 15.8. The van der Waals surface area contributed by atoms with Gasteiger partial charge in [0.05, 0.1) is 45.4 Å². The Kier molecular flexibility index (Phi) is 5.85. The number of nitrogens with zero attached hydrogens (tertiary/aromatic N) is 2. The number of hydrogen-bond acceptors (Lipinski definition) is 4. The molecule has 0 atom stereocenters. The fourth-order valence-corrected chi connectivity index (χ4v) is 3.01. The molecular formula is C19H25N4O2+. The third-order valence-electron chi connectivity index (χ3n) is 4.44. The van der Waals surface area contributed by atoms with Gasteiger partial charge in [-0.2, -0.15) is 5.10 Å². The third-order valence-corrected chi connectivity index (χ3v) is 4.44. The number of carbonyl (C=O) groups excluding carboxylic acids is 1. The lowest BCUT2D eigenvalue weighted by molar-refractivity contribution is -0.900. The summed E-state index contributed by atoms with van der Waals surface area (Å²) in [5.41, 5.74) is 3.84. The number of hydrogen-bond donors (Lipinski definition) is 2. The minimum absolute atomic E-state index is 0.0579. The molecule has 0 aliphatic carbocycles. The number of furan rings is 1. The zero-order chi connectivity index (χ0) is 17.5. The molecule has 132 valence electrons. The number of amides is 1. The van der Waals surface area contributed by atoms with Crippen LogP contribution in [0.1, 0.15) is 17.9 Å². The van der Waals surface area contributed by atoms with Gasteiger partial charge in [0.1, 0.15) is 11.5 Å². The van der Waals surface area contributed by atoms with Crippen LogP contribution in [-0.4, -0.2) is 44.8 Å². The van der Waals surface area contributed by atoms with Crippen LogP contribution in [0.15, 0.2) is 52.0 Å². The molecule has 0 radical (unpaired) electrons. The van der Waals surface area contributed by atoms with Crippen LogP contribution in [0.5, 0.6) is 0 Å². The monoisotopic (exact) mass is 341 g/mol. The maximum Gasteiger partial charge on any atom is 0.245 e. The fraction of sp³-hybridized carbons (Fsp3) is 0.368. The second kappa shape index (κ2) is 8.48. The first-order valence-electron chi connectivity index (χ1n) is 8.72. The Morgan fingerprint density at radius 2 is 2.00 bits per heavy atom. The van der Waals surface area contributed by atoms with E-state index >= 15 is 0 Å². The molecule has 3 rings (SSSR count). The SMILES string of the molecule is Cc1ccc(C=NNC(=O)CC[NH+]2CCN(c3ccccc3)CC2)o1. The highest BCUT2D eigenvalue weighted by Crippen LogP contribution is 2.12. The first-order chi connectivity index (χ1) is 12.2. The van der Waals surface area contributed by atoms with Crippen LogP contribution in [0.4, 0.5) is 5.69 Å². The van der Waals surface area contributed by atoms with Gasteiger partial charge in [-0.15, -0.1) is 0 Å². The van der Waals surface area contributed by atoms with Gasteiger partial charge in [-0.1, -0.05) is 18.2 Å². The van der Waals surface area contributed by atoms with Gasteiger partial charge in [-0.3, -0.25) is 4.79 Å². The Bertz CT molecular complexity index is 703. The highest BCUT2D eigenvalue weighted by molar-refractivity contribution is 5.80. The molecule has 2 aromatic rings. The van der Waals surface area contributed by atoms with E-state index in [0.717, 1.165) is 38.5 Å². The van der Waals surface area contributed by atoms with E-state index < -0.39 is 0 Å². The maximum absolute atomic E-state index is 11.9. The van der Waals surface area contributed by atoms with Crippen LogP contribution in [0.2, 0.25) is 0 Å². The predicted molar refractivity (Wildman–Crippen MR) is 98.0 cm³/mol. The van der Waals surface area contributed by atoms with Gasteiger partial charge in [-0.25, -0.2) is 5.43 Å². The van der Waals surface area contributed by atoms with E-state index in [1.54, 1.807) is 0 Å². The predicted octanol–water partition coefficient (Wildman–Crippen LogP) is 0.833. The number of quaternary nitrogens is 1. The number of aryl methyl sites for hydroxylation is 1. The molecule has 1 amide bonds. The van der Waals surface area contributed by atoms with Crippen molar-refractivity contribution in [2.75, 3.05) is 37.6 Å². The average Bonchev–Trinajstić information content (AvgIpc) is 3.06. The number of para-hydroxylation sites is 1. The molecule has 0 unspecified atom stereocenters. The highest BCUT2D eigenvalue weighted by atomic mass is 16.3. The third kappa shape index (κ3) is 5.19. The normalized spacial score (nSPS) is 15.6. The number of carbonyl (C=O) groups is 1. The smallest absolute Gasteiger partial charge is 0.245 e. The molecule has 6 nitrogen and oxygen atoms in total. The van der Waals surface area contributed by atoms with Gasteiger partial charge in [0.2, 0.25) is 5.91 Å². The Labute approximate surface area is 148 Å². The second-order valence-electron chi connectivity index (χ2n) is 6.31. The molecule has 1 aromatic heterocycles. The van der Waals surface area contributed by atoms with E-state index in [9.17, 15) is 4.79 Å². The average molecular weight is 341 g/mol. The summed E-state index contributed by atoms with van der Waals surface area (Å²) < 4.78 is 5.36. The van der Waals surface area contributed by atoms with Gasteiger partial charge in [0, 0.05) is 5.69 Å². The second-order valence-corrected chi connectivity index (χ2v) is 6.31. The van der Waals surface area contributed by atoms with Gasteiger partial charge in [-0.05, 0) is 31.2 Å². The molecule has 1 aliphatic rings. The zero-order valence-electron chi connectivity index (χ0n) is 14.6. The molecule has 1 saturated heterocycles. The number of anilines is 1. The van der Waals surface area contributed by atoms with Crippen LogP contribution in [-0.2, 0) is 4.79 Å². The van der Waals surface area contributed by atoms with Crippen molar-refractivity contribution in [3.8, 4) is 0 Å². The van der Waals surface area contributed by atoms with Crippen molar-refractivity contribution in [3.63, 3.8) is 0 Å². The molecule has 1 aliphatic heterocycles. The van der Waals surface area contributed by atoms with Gasteiger partial charge < -0.3 is 14.2 Å². The molecule has 2 heterocycles. The van der Waals surface area contributed by atoms with Crippen LogP contribution < -0.4 is 15.2 Å². The largest absolute Gasteiger partial charge is 0.460 e. The van der Waals surface area contributed by atoms with E-state index in [2.05, 4.69) is 39.7 Å². The Morgan fingerprint density at radius 3 is 2.68 bits per heavy atom. The van der Waals surface area contributed by atoms with Crippen LogP contribution in [0, 0.1) is 6.92 Å². The molecule has 6 heteroatoms. The first kappa shape index (κ1) is 17.2. The number of piperazine rings is 1. The molecule has 0 spiro atoms. The van der Waals surface area contributed by atoms with Crippen LogP contribution in [0.3, 0.4) is 0 Å². The van der Waals surface area contributed by atoms with E-state index in [1.165, 1.54) is 16.8 Å². The number of hydrazone groups is 1. The lowest BCUT2D eigenvalue weighted by atomic mass is 10.2. The van der Waals surface area contributed by atoms with Gasteiger partial charge >= 0.3 is 0 Å². The maximum atomic E-state index is 11.9. The summed E-state index contributed by atoms with van der Waals surface area (Å²) in [6.45, 7) is 6.86. The summed E-state index contributed by atoms with van der Waals surface area (Å²) in [5, 5.41) is 3.93. The van der Waals surface area contributed by atoms with Crippen molar-refractivity contribution in [2.24, 2.45) is 5.10 Å². The van der Waals surface area contributed by atoms with Crippen molar-refractivity contribution in [3.05, 3.63) is 54.0 Å². The zero-order valence-corrected chi connectivity index (χ0v) is 14.6. The highest BCUT2D eigenvalue weighted by Gasteiger charge is 2.20. The summed E-state index contributed by atoms with van der Waals surface area (Å²) in [7, 11) is 0. The number of benzene rings is 1. The van der Waals surface area contributed by atoms with E-state index in [-0.39, 0.29) is 5.91 Å². The van der Waals surface area contributed by atoms with Crippen molar-refractivity contribution in [1.82, 2.24) is 5.43 Å². The first-order valence-corrected chi connectivity index (χ1v) is 8.72. The molecular weight excluding hydrogens is 316 g/mol. The molecule has 0 bridgehead atoms. The van der Waals surface area contributed by atoms with Crippen molar-refractivity contribution in [1.29, 1.82) is 0 Å². The summed E-state index contributed by atoms with van der Waals surface area (Å²) in [6, 6.07) is 14.2. The van der Waals surface area contributed by atoms with Crippen molar-refractivity contribution < 1.29 is 14.1 Å².